The van der Waals surface area contributed by atoms with E-state index in [0.29, 0.717) is 0 Å². The van der Waals surface area contributed by atoms with Gasteiger partial charge in [0.15, 0.2) is 0 Å². The van der Waals surface area contributed by atoms with Crippen LogP contribution in [0.2, 0.25) is 0 Å². The first-order valence-electron chi connectivity index (χ1n) is 4.21. The summed E-state index contributed by atoms with van der Waals surface area (Å²) in [4.78, 5) is 0. The summed E-state index contributed by atoms with van der Waals surface area (Å²) in [6.45, 7) is 3.30. The maximum atomic E-state index is 3.53. The fraction of sp³-hybridized carbons (Fsp3) is 0.556. The van der Waals surface area contributed by atoms with E-state index in [2.05, 4.69) is 38.9 Å². The first kappa shape index (κ1) is 8.73. The maximum Gasteiger partial charge on any atom is 0.0327 e. The first-order chi connectivity index (χ1) is 5.77. The Bertz CT molecular complexity index is 271. The van der Waals surface area contributed by atoms with Gasteiger partial charge in [-0.3, -0.25) is 0 Å². The molecule has 0 aliphatic heterocycles. The van der Waals surface area contributed by atoms with Gasteiger partial charge in [0, 0.05) is 22.4 Å². The zero-order valence-electron chi connectivity index (χ0n) is 7.01. The number of rotatable bonds is 3. The summed E-state index contributed by atoms with van der Waals surface area (Å²) < 4.78 is 1.24. The van der Waals surface area contributed by atoms with Crippen molar-refractivity contribution in [3.8, 4) is 0 Å². The third-order valence-electron chi connectivity index (χ3n) is 2.35. The van der Waals surface area contributed by atoms with Gasteiger partial charge in [-0.15, -0.1) is 0 Å². The molecule has 2 rings (SSSR count). The van der Waals surface area contributed by atoms with Crippen molar-refractivity contribution in [2.24, 2.45) is 5.92 Å². The van der Waals surface area contributed by atoms with Gasteiger partial charge in [0.2, 0.25) is 0 Å². The summed E-state index contributed by atoms with van der Waals surface area (Å²) in [5, 5.41) is 7.86. The topological polar surface area (TPSA) is 12.0 Å². The summed E-state index contributed by atoms with van der Waals surface area (Å²) in [6, 6.07) is 0.775. The third kappa shape index (κ3) is 1.90. The van der Waals surface area contributed by atoms with Crippen LogP contribution in [0.1, 0.15) is 18.9 Å². The molecule has 66 valence electrons. The molecule has 1 aliphatic rings. The molecule has 2 atom stereocenters. The molecule has 0 bridgehead atoms. The number of hydrogen-bond acceptors (Lipinski definition) is 2. The van der Waals surface area contributed by atoms with Crippen LogP contribution in [-0.2, 0) is 6.54 Å². The minimum Gasteiger partial charge on any atom is -0.310 e. The van der Waals surface area contributed by atoms with Gasteiger partial charge in [-0.05, 0) is 39.2 Å². The number of halogens is 1. The number of thiophene rings is 1. The number of nitrogens with one attached hydrogen (secondary N) is 1. The van der Waals surface area contributed by atoms with Crippen molar-refractivity contribution in [2.75, 3.05) is 0 Å². The van der Waals surface area contributed by atoms with E-state index in [1.807, 2.05) is 0 Å². The molecule has 1 fully saturated rings. The Hall–Kier alpha value is 0.140. The minimum atomic E-state index is 0.775. The summed E-state index contributed by atoms with van der Waals surface area (Å²) >= 11 is 5.27. The van der Waals surface area contributed by atoms with Gasteiger partial charge in [0.25, 0.3) is 0 Å². The van der Waals surface area contributed by atoms with Crippen LogP contribution >= 0.6 is 27.3 Å². The molecule has 0 spiro atoms. The molecule has 0 radical (unpaired) electrons. The van der Waals surface area contributed by atoms with Crippen LogP contribution in [0.15, 0.2) is 15.2 Å². The van der Waals surface area contributed by atoms with Gasteiger partial charge in [0.1, 0.15) is 0 Å². The zero-order valence-corrected chi connectivity index (χ0v) is 9.41. The molecule has 0 amide bonds. The molecule has 1 aromatic rings. The van der Waals surface area contributed by atoms with E-state index in [1.54, 1.807) is 11.3 Å². The zero-order chi connectivity index (χ0) is 8.55. The second-order valence-corrected chi connectivity index (χ2v) is 5.04. The molecule has 3 heteroatoms. The highest BCUT2D eigenvalue weighted by Crippen LogP contribution is 2.30. The Labute approximate surface area is 85.3 Å². The quantitative estimate of drug-likeness (QED) is 0.864. The van der Waals surface area contributed by atoms with Crippen molar-refractivity contribution in [2.45, 2.75) is 25.9 Å². The van der Waals surface area contributed by atoms with Crippen molar-refractivity contribution in [3.05, 3.63) is 20.8 Å². The van der Waals surface area contributed by atoms with Crippen molar-refractivity contribution < 1.29 is 0 Å². The van der Waals surface area contributed by atoms with E-state index in [4.69, 9.17) is 0 Å². The van der Waals surface area contributed by atoms with E-state index < -0.39 is 0 Å². The molecule has 12 heavy (non-hydrogen) atoms. The van der Waals surface area contributed by atoms with Crippen LogP contribution in [0.25, 0.3) is 0 Å². The van der Waals surface area contributed by atoms with E-state index >= 15 is 0 Å². The smallest absolute Gasteiger partial charge is 0.0327 e. The highest BCUT2D eigenvalue weighted by Gasteiger charge is 2.31. The first-order valence-corrected chi connectivity index (χ1v) is 5.95. The standard InChI is InChI=1S/C9H12BrNS/c1-6-2-9(6)11-3-7-4-12-5-8(7)10/h4-6,9,11H,2-3H2,1H3. The molecule has 0 saturated heterocycles. The van der Waals surface area contributed by atoms with E-state index in [0.717, 1.165) is 18.5 Å². The molecule has 1 heterocycles. The van der Waals surface area contributed by atoms with Gasteiger partial charge in [-0.25, -0.2) is 0 Å². The van der Waals surface area contributed by atoms with Crippen molar-refractivity contribution in [3.63, 3.8) is 0 Å². The SMILES string of the molecule is CC1CC1NCc1cscc1Br. The molecule has 1 nitrogen and oxygen atoms in total. The second-order valence-electron chi connectivity index (χ2n) is 3.45. The fourth-order valence-corrected chi connectivity index (χ4v) is 2.72. The lowest BCUT2D eigenvalue weighted by Crippen LogP contribution is -2.16. The average Bonchev–Trinajstić information content (AvgIpc) is 2.57. The molecule has 1 aromatic heterocycles. The second kappa shape index (κ2) is 3.48. The van der Waals surface area contributed by atoms with E-state index in [-0.39, 0.29) is 0 Å². The predicted molar refractivity (Wildman–Crippen MR) is 56.4 cm³/mol. The lowest BCUT2D eigenvalue weighted by atomic mass is 10.3. The maximum absolute atomic E-state index is 3.53. The van der Waals surface area contributed by atoms with Crippen molar-refractivity contribution >= 4 is 27.3 Å². The highest BCUT2D eigenvalue weighted by atomic mass is 79.9. The Kier molecular flexibility index (Phi) is 2.53. The number of hydrogen-bond donors (Lipinski definition) is 1. The molecule has 0 aromatic carbocycles. The van der Waals surface area contributed by atoms with Crippen molar-refractivity contribution in [1.29, 1.82) is 0 Å². The molecule has 2 unspecified atom stereocenters. The van der Waals surface area contributed by atoms with Gasteiger partial charge < -0.3 is 5.32 Å². The largest absolute Gasteiger partial charge is 0.310 e. The van der Waals surface area contributed by atoms with Crippen molar-refractivity contribution in [1.82, 2.24) is 5.32 Å². The molecular formula is C9H12BrNS. The lowest BCUT2D eigenvalue weighted by molar-refractivity contribution is 0.652. The van der Waals surface area contributed by atoms with E-state index in [9.17, 15) is 0 Å². The minimum absolute atomic E-state index is 0.775. The lowest BCUT2D eigenvalue weighted by Gasteiger charge is -2.00. The van der Waals surface area contributed by atoms with Gasteiger partial charge in [0.05, 0.1) is 0 Å². The van der Waals surface area contributed by atoms with Gasteiger partial charge >= 0.3 is 0 Å². The van der Waals surface area contributed by atoms with Crippen LogP contribution in [0.5, 0.6) is 0 Å². The predicted octanol–water partition coefficient (Wildman–Crippen LogP) is 3.01. The van der Waals surface area contributed by atoms with Crippen LogP contribution in [0.4, 0.5) is 0 Å². The molecule has 1 saturated carbocycles. The van der Waals surface area contributed by atoms with Gasteiger partial charge in [-0.1, -0.05) is 6.92 Å². The summed E-state index contributed by atoms with van der Waals surface area (Å²) in [7, 11) is 0. The Morgan fingerprint density at radius 1 is 1.67 bits per heavy atom. The fourth-order valence-electron chi connectivity index (χ4n) is 1.28. The summed E-state index contributed by atoms with van der Waals surface area (Å²) in [5.41, 5.74) is 1.39. The van der Waals surface area contributed by atoms with Gasteiger partial charge in [-0.2, -0.15) is 11.3 Å². The van der Waals surface area contributed by atoms with Crippen LogP contribution < -0.4 is 5.32 Å². The highest BCUT2D eigenvalue weighted by molar-refractivity contribution is 9.10. The molecular weight excluding hydrogens is 234 g/mol. The van der Waals surface area contributed by atoms with Crippen LogP contribution in [0.3, 0.4) is 0 Å². The molecule has 1 aliphatic carbocycles. The normalized spacial score (nSPS) is 27.5. The van der Waals surface area contributed by atoms with Crippen LogP contribution in [-0.4, -0.2) is 6.04 Å². The Morgan fingerprint density at radius 2 is 2.42 bits per heavy atom. The summed E-state index contributed by atoms with van der Waals surface area (Å²) in [6.07, 6.45) is 1.35. The Balaban J connectivity index is 1.84. The molecule has 1 N–H and O–H groups in total. The Morgan fingerprint density at radius 3 is 2.92 bits per heavy atom. The monoisotopic (exact) mass is 245 g/mol. The van der Waals surface area contributed by atoms with Crippen LogP contribution in [0, 0.1) is 5.92 Å². The van der Waals surface area contributed by atoms with E-state index in [1.165, 1.54) is 16.5 Å². The third-order valence-corrected chi connectivity index (χ3v) is 4.19. The summed E-state index contributed by atoms with van der Waals surface area (Å²) in [5.74, 6) is 0.891. The average molecular weight is 246 g/mol.